The molecular formula is C29H27N5O2S. The molecule has 0 radical (unpaired) electrons. The molecule has 7 nitrogen and oxygen atoms in total. The molecule has 0 bridgehead atoms. The molecule has 3 aromatic heterocycles. The van der Waals surface area contributed by atoms with Gasteiger partial charge in [-0.05, 0) is 55.8 Å². The molecule has 37 heavy (non-hydrogen) atoms. The quantitative estimate of drug-likeness (QED) is 0.256. The number of nitrogens with zero attached hydrogens (tertiary/aromatic N) is 5. The van der Waals surface area contributed by atoms with Crippen molar-refractivity contribution in [2.45, 2.75) is 23.6 Å². The molecule has 0 aliphatic heterocycles. The summed E-state index contributed by atoms with van der Waals surface area (Å²) in [5.74, 6) is -0.292. The van der Waals surface area contributed by atoms with Gasteiger partial charge < -0.3 is 15.1 Å². The summed E-state index contributed by atoms with van der Waals surface area (Å²) in [4.78, 5) is 12.0. The number of aromatic nitrogens is 4. The maximum atomic E-state index is 11.6. The molecule has 2 aromatic carbocycles. The third-order valence-corrected chi connectivity index (χ3v) is 7.17. The lowest BCUT2D eigenvalue weighted by atomic mass is 10.1. The molecule has 0 aliphatic carbocycles. The van der Waals surface area contributed by atoms with Crippen LogP contribution in [0.5, 0.6) is 11.6 Å². The fourth-order valence-electron chi connectivity index (χ4n) is 4.29. The Morgan fingerprint density at radius 3 is 2.35 bits per heavy atom. The van der Waals surface area contributed by atoms with E-state index in [-0.39, 0.29) is 16.5 Å². The van der Waals surface area contributed by atoms with E-state index in [4.69, 9.17) is 0 Å². The molecule has 186 valence electrons. The van der Waals surface area contributed by atoms with Crippen LogP contribution in [0.25, 0.3) is 22.5 Å². The van der Waals surface area contributed by atoms with E-state index >= 15 is 0 Å². The molecule has 0 amide bonds. The van der Waals surface area contributed by atoms with Crippen LogP contribution in [0.1, 0.15) is 12.6 Å². The Morgan fingerprint density at radius 2 is 1.70 bits per heavy atom. The zero-order chi connectivity index (χ0) is 25.9. The van der Waals surface area contributed by atoms with Crippen LogP contribution in [0.15, 0.2) is 95.0 Å². The summed E-state index contributed by atoms with van der Waals surface area (Å²) < 4.78 is 1.67. The number of aryl methyl sites for hydroxylation is 2. The minimum Gasteiger partial charge on any atom is -0.504 e. The third-order valence-electron chi connectivity index (χ3n) is 6.09. The standard InChI is InChI=1S/C29H27N5O2S/c1-4-34(21-9-6-5-7-10-21)26-25(24-16-18-33(3)32-24)31-29(36)28(27(26)35)37-22-14-12-20(13-15-22)23-11-8-17-30-19(23)2/h5-18H,4H2,1-3H3,(H2,31,35,36). The fourth-order valence-corrected chi connectivity index (χ4v) is 5.13. The van der Waals surface area contributed by atoms with Gasteiger partial charge >= 0.3 is 0 Å². The number of hydrogen-bond acceptors (Lipinski definition) is 7. The van der Waals surface area contributed by atoms with Gasteiger partial charge in [0.25, 0.3) is 0 Å². The van der Waals surface area contributed by atoms with Crippen molar-refractivity contribution in [1.82, 2.24) is 19.7 Å². The lowest BCUT2D eigenvalue weighted by Crippen LogP contribution is -2.18. The van der Waals surface area contributed by atoms with Gasteiger partial charge in [0.2, 0.25) is 5.88 Å². The predicted molar refractivity (Wildman–Crippen MR) is 147 cm³/mol. The predicted octanol–water partition coefficient (Wildman–Crippen LogP) is 6.57. The first-order chi connectivity index (χ1) is 18.0. The molecule has 5 aromatic rings. The molecule has 8 heteroatoms. The van der Waals surface area contributed by atoms with Crippen LogP contribution in [0.4, 0.5) is 11.4 Å². The first-order valence-corrected chi connectivity index (χ1v) is 12.8. The average Bonchev–Trinajstić information content (AvgIpc) is 3.35. The monoisotopic (exact) mass is 509 g/mol. The third kappa shape index (κ3) is 4.88. The van der Waals surface area contributed by atoms with Crippen molar-refractivity contribution in [3.05, 3.63) is 90.9 Å². The van der Waals surface area contributed by atoms with Crippen molar-refractivity contribution >= 4 is 23.1 Å². The van der Waals surface area contributed by atoms with E-state index in [0.717, 1.165) is 27.4 Å². The maximum Gasteiger partial charge on any atom is 0.229 e. The minimum absolute atomic E-state index is 0.0453. The molecule has 0 fully saturated rings. The van der Waals surface area contributed by atoms with E-state index in [1.807, 2.05) is 105 Å². The summed E-state index contributed by atoms with van der Waals surface area (Å²) in [6.07, 6.45) is 3.59. The van der Waals surface area contributed by atoms with E-state index in [1.165, 1.54) is 11.8 Å². The number of hydrogen-bond donors (Lipinski definition) is 2. The fraction of sp³-hybridized carbons (Fsp3) is 0.138. The Hall–Kier alpha value is -4.30. The Balaban J connectivity index is 1.59. The first kappa shape index (κ1) is 24.4. The minimum atomic E-state index is -0.247. The molecule has 0 atom stereocenters. The molecular weight excluding hydrogens is 482 g/mol. The van der Waals surface area contributed by atoms with Crippen LogP contribution in [0, 0.1) is 6.92 Å². The van der Waals surface area contributed by atoms with Crippen molar-refractivity contribution in [1.29, 1.82) is 0 Å². The second kappa shape index (κ2) is 10.4. The highest BCUT2D eigenvalue weighted by atomic mass is 32.2. The highest BCUT2D eigenvalue weighted by molar-refractivity contribution is 7.99. The van der Waals surface area contributed by atoms with Crippen LogP contribution >= 0.6 is 11.8 Å². The van der Waals surface area contributed by atoms with Gasteiger partial charge in [-0.25, -0.2) is 4.98 Å². The van der Waals surface area contributed by atoms with Crippen LogP contribution < -0.4 is 4.90 Å². The molecule has 0 saturated carbocycles. The molecule has 0 aliphatic rings. The summed E-state index contributed by atoms with van der Waals surface area (Å²) >= 11 is 1.26. The van der Waals surface area contributed by atoms with E-state index in [9.17, 15) is 10.2 Å². The van der Waals surface area contributed by atoms with E-state index in [0.29, 0.717) is 23.6 Å². The van der Waals surface area contributed by atoms with Crippen LogP contribution in [0.3, 0.4) is 0 Å². The smallest absolute Gasteiger partial charge is 0.229 e. The molecule has 0 unspecified atom stereocenters. The van der Waals surface area contributed by atoms with Gasteiger partial charge in [0.05, 0.1) is 0 Å². The molecule has 0 saturated heterocycles. The molecule has 3 heterocycles. The Kier molecular flexibility index (Phi) is 6.83. The van der Waals surface area contributed by atoms with Crippen molar-refractivity contribution in [2.24, 2.45) is 7.05 Å². The van der Waals surface area contributed by atoms with E-state index in [1.54, 1.807) is 10.9 Å². The van der Waals surface area contributed by atoms with Gasteiger partial charge in [0.15, 0.2) is 5.75 Å². The van der Waals surface area contributed by atoms with E-state index < -0.39 is 0 Å². The molecule has 0 spiro atoms. The highest BCUT2D eigenvalue weighted by Gasteiger charge is 2.26. The second-order valence-electron chi connectivity index (χ2n) is 8.53. The van der Waals surface area contributed by atoms with Gasteiger partial charge in [0, 0.05) is 47.8 Å². The van der Waals surface area contributed by atoms with Crippen molar-refractivity contribution in [3.63, 3.8) is 0 Å². The van der Waals surface area contributed by atoms with Gasteiger partial charge in [0.1, 0.15) is 22.0 Å². The average molecular weight is 510 g/mol. The van der Waals surface area contributed by atoms with Crippen LogP contribution in [-0.2, 0) is 7.05 Å². The van der Waals surface area contributed by atoms with Gasteiger partial charge in [-0.1, -0.05) is 48.2 Å². The lowest BCUT2D eigenvalue weighted by molar-refractivity contribution is 0.413. The summed E-state index contributed by atoms with van der Waals surface area (Å²) in [5.41, 5.74) is 5.44. The second-order valence-corrected chi connectivity index (χ2v) is 9.61. The van der Waals surface area contributed by atoms with Crippen LogP contribution in [0.2, 0.25) is 0 Å². The number of benzene rings is 2. The Morgan fingerprint density at radius 1 is 0.946 bits per heavy atom. The topological polar surface area (TPSA) is 87.3 Å². The SMILES string of the molecule is CCN(c1ccccc1)c1c(-c2ccn(C)n2)nc(O)c(Sc2ccc(-c3cccnc3C)cc2)c1O. The zero-order valence-electron chi connectivity index (χ0n) is 20.8. The summed E-state index contributed by atoms with van der Waals surface area (Å²) in [7, 11) is 1.82. The number of aromatic hydroxyl groups is 2. The van der Waals surface area contributed by atoms with Crippen molar-refractivity contribution < 1.29 is 10.2 Å². The van der Waals surface area contributed by atoms with Crippen molar-refractivity contribution in [2.75, 3.05) is 11.4 Å². The maximum absolute atomic E-state index is 11.6. The number of para-hydroxylation sites is 1. The highest BCUT2D eigenvalue weighted by Crippen LogP contribution is 2.50. The molecule has 5 rings (SSSR count). The van der Waals surface area contributed by atoms with Gasteiger partial charge in [-0.3, -0.25) is 9.67 Å². The Bertz CT molecular complexity index is 1530. The first-order valence-electron chi connectivity index (χ1n) is 11.9. The molecule has 2 N–H and O–H groups in total. The van der Waals surface area contributed by atoms with Gasteiger partial charge in [-0.2, -0.15) is 5.10 Å². The number of anilines is 2. The lowest BCUT2D eigenvalue weighted by Gasteiger charge is -2.27. The van der Waals surface area contributed by atoms with E-state index in [2.05, 4.69) is 15.1 Å². The summed E-state index contributed by atoms with van der Waals surface area (Å²) in [6.45, 7) is 4.57. The normalized spacial score (nSPS) is 11.0. The van der Waals surface area contributed by atoms with Gasteiger partial charge in [-0.15, -0.1) is 0 Å². The summed E-state index contributed by atoms with van der Waals surface area (Å²) in [5, 5.41) is 27.1. The zero-order valence-corrected chi connectivity index (χ0v) is 21.6. The summed E-state index contributed by atoms with van der Waals surface area (Å²) in [6, 6.07) is 23.5. The number of rotatable bonds is 7. The number of pyridine rings is 2. The Labute approximate surface area is 220 Å². The largest absolute Gasteiger partial charge is 0.504 e. The van der Waals surface area contributed by atoms with Crippen molar-refractivity contribution in [3.8, 4) is 34.1 Å². The van der Waals surface area contributed by atoms with Crippen LogP contribution in [-0.4, -0.2) is 36.5 Å².